The summed E-state index contributed by atoms with van der Waals surface area (Å²) in [6, 6.07) is 5.45. The number of hydrogen-bond acceptors (Lipinski definition) is 6. The molecule has 0 saturated carbocycles. The highest BCUT2D eigenvalue weighted by molar-refractivity contribution is 7.16. The van der Waals surface area contributed by atoms with E-state index in [0.29, 0.717) is 38.5 Å². The van der Waals surface area contributed by atoms with Gasteiger partial charge in [-0.15, -0.1) is 0 Å². The van der Waals surface area contributed by atoms with Gasteiger partial charge in [-0.05, 0) is 13.0 Å². The van der Waals surface area contributed by atoms with Crippen LogP contribution in [0.3, 0.4) is 0 Å². The van der Waals surface area contributed by atoms with Crippen molar-refractivity contribution in [3.05, 3.63) is 29.4 Å². The summed E-state index contributed by atoms with van der Waals surface area (Å²) in [6.45, 7) is 1.46. The number of alkyl halides is 1. The third-order valence-electron chi connectivity index (χ3n) is 3.68. The van der Waals surface area contributed by atoms with Crippen LogP contribution in [0.4, 0.5) is 4.39 Å². The molecule has 6 nitrogen and oxygen atoms in total. The molecule has 1 unspecified atom stereocenters. The summed E-state index contributed by atoms with van der Waals surface area (Å²) < 4.78 is 31.4. The van der Waals surface area contributed by atoms with E-state index in [4.69, 9.17) is 13.9 Å². The number of hydrogen-bond donors (Lipinski definition) is 0. The number of ether oxygens (including phenoxy) is 2. The second kappa shape index (κ2) is 5.48. The Bertz CT molecular complexity index is 1000. The quantitative estimate of drug-likeness (QED) is 0.552. The van der Waals surface area contributed by atoms with E-state index in [1.54, 1.807) is 37.1 Å². The van der Waals surface area contributed by atoms with Crippen molar-refractivity contribution in [3.8, 4) is 23.0 Å². The molecule has 0 spiro atoms. The van der Waals surface area contributed by atoms with E-state index in [2.05, 4.69) is 10.1 Å². The highest BCUT2D eigenvalue weighted by atomic mass is 32.1. The van der Waals surface area contributed by atoms with Gasteiger partial charge in [-0.3, -0.25) is 0 Å². The lowest BCUT2D eigenvalue weighted by molar-refractivity contribution is 0.370. The Morgan fingerprint density at radius 3 is 2.75 bits per heavy atom. The van der Waals surface area contributed by atoms with Crippen molar-refractivity contribution in [2.24, 2.45) is 0 Å². The number of furan rings is 1. The van der Waals surface area contributed by atoms with Crippen molar-refractivity contribution < 1.29 is 18.3 Å². The summed E-state index contributed by atoms with van der Waals surface area (Å²) in [5, 5.41) is 5.42. The molecule has 0 aliphatic rings. The molecule has 0 bridgehead atoms. The van der Waals surface area contributed by atoms with Crippen LogP contribution in [-0.4, -0.2) is 28.8 Å². The maximum Gasteiger partial charge on any atom is 0.212 e. The molecule has 4 aromatic rings. The normalized spacial score (nSPS) is 12.8. The molecular formula is C16H14FN3O3S. The van der Waals surface area contributed by atoms with Crippen LogP contribution in [0.5, 0.6) is 11.5 Å². The number of methoxy groups -OCH3 is 2. The van der Waals surface area contributed by atoms with Gasteiger partial charge in [0.2, 0.25) is 4.96 Å². The van der Waals surface area contributed by atoms with Crippen molar-refractivity contribution in [3.63, 3.8) is 0 Å². The van der Waals surface area contributed by atoms with Gasteiger partial charge in [-0.2, -0.15) is 5.10 Å². The van der Waals surface area contributed by atoms with Gasteiger partial charge in [0.05, 0.1) is 25.8 Å². The minimum atomic E-state index is -1.11. The molecule has 3 aromatic heterocycles. The van der Waals surface area contributed by atoms with Crippen molar-refractivity contribution in [1.29, 1.82) is 0 Å². The van der Waals surface area contributed by atoms with E-state index in [-0.39, 0.29) is 0 Å². The number of halogens is 1. The molecule has 24 heavy (non-hydrogen) atoms. The van der Waals surface area contributed by atoms with E-state index < -0.39 is 6.17 Å². The largest absolute Gasteiger partial charge is 0.496 e. The summed E-state index contributed by atoms with van der Waals surface area (Å²) >= 11 is 1.22. The first-order valence-corrected chi connectivity index (χ1v) is 8.07. The summed E-state index contributed by atoms with van der Waals surface area (Å²) in [5.41, 5.74) is 1.27. The van der Waals surface area contributed by atoms with E-state index in [1.165, 1.54) is 18.3 Å². The molecule has 1 atom stereocenters. The van der Waals surface area contributed by atoms with Crippen LogP contribution in [0.2, 0.25) is 0 Å². The third-order valence-corrected chi connectivity index (χ3v) is 4.76. The van der Waals surface area contributed by atoms with Gasteiger partial charge in [-0.1, -0.05) is 11.3 Å². The highest BCUT2D eigenvalue weighted by Gasteiger charge is 2.17. The standard InChI is InChI=1S/C16H14FN3O3S/c1-8(17)15-19-20-7-11(18-16(20)24-15)14-6-10-12(22-3)4-9(21-2)5-13(10)23-14/h4-8H,1-3H3. The summed E-state index contributed by atoms with van der Waals surface area (Å²) in [6.07, 6.45) is 0.613. The van der Waals surface area contributed by atoms with E-state index in [0.717, 1.165) is 5.39 Å². The number of fused-ring (bicyclic) bond motifs is 2. The number of nitrogens with zero attached hydrogens (tertiary/aromatic N) is 3. The van der Waals surface area contributed by atoms with Gasteiger partial charge in [0.15, 0.2) is 16.9 Å². The number of aromatic nitrogens is 3. The number of benzene rings is 1. The smallest absolute Gasteiger partial charge is 0.212 e. The zero-order valence-electron chi connectivity index (χ0n) is 13.2. The lowest BCUT2D eigenvalue weighted by atomic mass is 10.2. The average molecular weight is 347 g/mol. The zero-order valence-corrected chi connectivity index (χ0v) is 14.1. The Labute approximate surface area is 140 Å². The molecule has 0 fully saturated rings. The van der Waals surface area contributed by atoms with E-state index in [1.807, 2.05) is 6.07 Å². The first-order chi connectivity index (χ1) is 11.6. The molecular weight excluding hydrogens is 333 g/mol. The van der Waals surface area contributed by atoms with Gasteiger partial charge in [0, 0.05) is 12.1 Å². The lowest BCUT2D eigenvalue weighted by Gasteiger charge is -2.04. The fourth-order valence-corrected chi connectivity index (χ4v) is 3.30. The fraction of sp³-hybridized carbons (Fsp3) is 0.250. The predicted octanol–water partition coefficient (Wildman–Crippen LogP) is 4.25. The van der Waals surface area contributed by atoms with Gasteiger partial charge in [0.25, 0.3) is 0 Å². The monoisotopic (exact) mass is 347 g/mol. The van der Waals surface area contributed by atoms with Crippen molar-refractivity contribution in [2.75, 3.05) is 14.2 Å². The van der Waals surface area contributed by atoms with E-state index in [9.17, 15) is 4.39 Å². The van der Waals surface area contributed by atoms with Crippen LogP contribution >= 0.6 is 11.3 Å². The Morgan fingerprint density at radius 2 is 2.08 bits per heavy atom. The molecule has 0 saturated heterocycles. The molecule has 0 aliphatic carbocycles. The summed E-state index contributed by atoms with van der Waals surface area (Å²) in [4.78, 5) is 5.09. The second-order valence-corrected chi connectivity index (χ2v) is 6.25. The molecule has 3 heterocycles. The van der Waals surface area contributed by atoms with E-state index >= 15 is 0 Å². The van der Waals surface area contributed by atoms with Gasteiger partial charge >= 0.3 is 0 Å². The maximum absolute atomic E-state index is 13.3. The Kier molecular flexibility index (Phi) is 3.42. The van der Waals surface area contributed by atoms with Crippen molar-refractivity contribution in [2.45, 2.75) is 13.1 Å². The predicted molar refractivity (Wildman–Crippen MR) is 88.7 cm³/mol. The van der Waals surface area contributed by atoms with Crippen LogP contribution in [-0.2, 0) is 0 Å². The van der Waals surface area contributed by atoms with Crippen molar-refractivity contribution >= 4 is 27.3 Å². The van der Waals surface area contributed by atoms with Crippen molar-refractivity contribution in [1.82, 2.24) is 14.6 Å². The second-order valence-electron chi connectivity index (χ2n) is 5.26. The minimum absolute atomic E-state index is 0.403. The molecule has 8 heteroatoms. The summed E-state index contributed by atoms with van der Waals surface area (Å²) in [7, 11) is 3.18. The van der Waals surface area contributed by atoms with Gasteiger partial charge < -0.3 is 13.9 Å². The summed E-state index contributed by atoms with van der Waals surface area (Å²) in [5.74, 6) is 1.89. The zero-order chi connectivity index (χ0) is 16.8. The minimum Gasteiger partial charge on any atom is -0.496 e. The number of imidazole rings is 1. The first-order valence-electron chi connectivity index (χ1n) is 7.25. The topological polar surface area (TPSA) is 61.8 Å². The van der Waals surface area contributed by atoms with Crippen LogP contribution in [0, 0.1) is 0 Å². The Hall–Kier alpha value is -2.61. The fourth-order valence-electron chi connectivity index (χ4n) is 2.49. The molecule has 4 rings (SSSR count). The van der Waals surface area contributed by atoms with Crippen LogP contribution in [0.15, 0.2) is 28.8 Å². The van der Waals surface area contributed by atoms with Crippen LogP contribution in [0.1, 0.15) is 18.1 Å². The molecule has 124 valence electrons. The highest BCUT2D eigenvalue weighted by Crippen LogP contribution is 2.37. The Balaban J connectivity index is 1.82. The Morgan fingerprint density at radius 1 is 1.25 bits per heavy atom. The van der Waals surface area contributed by atoms with Gasteiger partial charge in [0.1, 0.15) is 22.8 Å². The third kappa shape index (κ3) is 2.30. The lowest BCUT2D eigenvalue weighted by Crippen LogP contribution is -1.86. The van der Waals surface area contributed by atoms with Crippen LogP contribution < -0.4 is 9.47 Å². The molecule has 0 amide bonds. The molecule has 0 N–H and O–H groups in total. The molecule has 0 aliphatic heterocycles. The SMILES string of the molecule is COc1cc(OC)c2cc(-c3cn4nc(C(C)F)sc4n3)oc2c1. The molecule has 0 radical (unpaired) electrons. The maximum atomic E-state index is 13.3. The number of rotatable bonds is 4. The molecule has 1 aromatic carbocycles. The van der Waals surface area contributed by atoms with Gasteiger partial charge in [-0.25, -0.2) is 13.9 Å². The first kappa shape index (κ1) is 14.9. The average Bonchev–Trinajstić information content (AvgIpc) is 3.24. The van der Waals surface area contributed by atoms with Crippen LogP contribution in [0.25, 0.3) is 27.4 Å².